The van der Waals surface area contributed by atoms with Gasteiger partial charge in [0, 0.05) is 33.0 Å². The third kappa shape index (κ3) is 4.53. The number of urea groups is 1. The van der Waals surface area contributed by atoms with Crippen molar-refractivity contribution in [3.8, 4) is 0 Å². The molecule has 0 radical (unpaired) electrons. The van der Waals surface area contributed by atoms with E-state index in [1.807, 2.05) is 49.2 Å². The van der Waals surface area contributed by atoms with Gasteiger partial charge in [0.1, 0.15) is 5.82 Å². The number of pyridine rings is 1. The summed E-state index contributed by atoms with van der Waals surface area (Å²) < 4.78 is 5.10. The Labute approximate surface area is 157 Å². The molecular weight excluding hydrogens is 344 g/mol. The molecule has 0 spiro atoms. The first kappa shape index (κ1) is 18.7. The van der Waals surface area contributed by atoms with Gasteiger partial charge in [-0.2, -0.15) is 5.10 Å². The van der Waals surface area contributed by atoms with Gasteiger partial charge >= 0.3 is 6.03 Å². The molecule has 3 N–H and O–H groups in total. The largest absolute Gasteiger partial charge is 0.383 e. The van der Waals surface area contributed by atoms with E-state index in [2.05, 4.69) is 25.8 Å². The quantitative estimate of drug-likeness (QED) is 0.596. The molecule has 0 fully saturated rings. The lowest BCUT2D eigenvalue weighted by molar-refractivity contribution is 0.206. The maximum absolute atomic E-state index is 12.3. The molecule has 27 heavy (non-hydrogen) atoms. The summed E-state index contributed by atoms with van der Waals surface area (Å²) in [6, 6.07) is 11.1. The first-order valence-electron chi connectivity index (χ1n) is 8.75. The molecular formula is C19H24N6O2. The Morgan fingerprint density at radius 1 is 1.33 bits per heavy atom. The minimum atomic E-state index is -0.310. The van der Waals surface area contributed by atoms with Crippen molar-refractivity contribution in [2.24, 2.45) is 0 Å². The molecule has 1 aromatic carbocycles. The number of aromatic nitrogens is 3. The van der Waals surface area contributed by atoms with E-state index in [1.54, 1.807) is 19.4 Å². The lowest BCUT2D eigenvalue weighted by Gasteiger charge is -2.16. The van der Waals surface area contributed by atoms with Crippen molar-refractivity contribution >= 4 is 28.6 Å². The number of methoxy groups -OCH3 is 1. The van der Waals surface area contributed by atoms with Gasteiger partial charge in [0.15, 0.2) is 5.82 Å². The van der Waals surface area contributed by atoms with Crippen LogP contribution in [0.15, 0.2) is 42.6 Å². The molecule has 1 unspecified atom stereocenters. The van der Waals surface area contributed by atoms with E-state index >= 15 is 0 Å². The van der Waals surface area contributed by atoms with Crippen LogP contribution in [0.25, 0.3) is 10.9 Å². The van der Waals surface area contributed by atoms with Crippen LogP contribution in [0.4, 0.5) is 16.4 Å². The average molecular weight is 368 g/mol. The summed E-state index contributed by atoms with van der Waals surface area (Å²) >= 11 is 0. The summed E-state index contributed by atoms with van der Waals surface area (Å²) in [5, 5.41) is 13.9. The number of H-pyrrole nitrogens is 1. The fraction of sp³-hybridized carbons (Fsp3) is 0.316. The number of hydrogen-bond donors (Lipinski definition) is 3. The Kier molecular flexibility index (Phi) is 5.87. The predicted octanol–water partition coefficient (Wildman–Crippen LogP) is 2.92. The number of hydrogen-bond acceptors (Lipinski definition) is 5. The number of anilines is 2. The van der Waals surface area contributed by atoms with E-state index in [0.29, 0.717) is 12.4 Å². The number of nitrogens with zero attached hydrogens (tertiary/aromatic N) is 3. The number of likely N-dealkylation sites (N-methyl/N-ethyl adjacent to an activating group) is 1. The van der Waals surface area contributed by atoms with Crippen molar-refractivity contribution < 1.29 is 9.53 Å². The molecule has 3 rings (SSSR count). The van der Waals surface area contributed by atoms with Crippen molar-refractivity contribution in [2.75, 3.05) is 37.5 Å². The molecule has 0 aliphatic rings. The van der Waals surface area contributed by atoms with Crippen LogP contribution in [0, 0.1) is 0 Å². The fourth-order valence-electron chi connectivity index (χ4n) is 2.77. The fourth-order valence-corrected chi connectivity index (χ4v) is 2.77. The molecule has 142 valence electrons. The third-order valence-electron chi connectivity index (χ3n) is 4.31. The molecule has 8 nitrogen and oxygen atoms in total. The highest BCUT2D eigenvalue weighted by Crippen LogP contribution is 2.24. The van der Waals surface area contributed by atoms with Gasteiger partial charge in [-0.3, -0.25) is 10.4 Å². The van der Waals surface area contributed by atoms with Gasteiger partial charge in [-0.25, -0.2) is 9.78 Å². The van der Waals surface area contributed by atoms with Gasteiger partial charge in [0.25, 0.3) is 0 Å². The van der Waals surface area contributed by atoms with Crippen LogP contribution in [-0.2, 0) is 4.74 Å². The zero-order valence-electron chi connectivity index (χ0n) is 15.7. The number of fused-ring (bicyclic) bond motifs is 1. The van der Waals surface area contributed by atoms with Gasteiger partial charge < -0.3 is 15.0 Å². The molecule has 0 saturated heterocycles. The second kappa shape index (κ2) is 8.50. The van der Waals surface area contributed by atoms with Crippen LogP contribution in [0.1, 0.15) is 18.5 Å². The summed E-state index contributed by atoms with van der Waals surface area (Å²) in [5.74, 6) is 1.25. The third-order valence-corrected chi connectivity index (χ3v) is 4.31. The van der Waals surface area contributed by atoms with Crippen LogP contribution in [0.5, 0.6) is 0 Å². The van der Waals surface area contributed by atoms with Crippen LogP contribution in [0.2, 0.25) is 0 Å². The SMILES string of the molecule is COCCN(C)c1n[nH]c2cc(NC(=O)NC(C)c3ccccc3)ncc12. The highest BCUT2D eigenvalue weighted by atomic mass is 16.5. The minimum Gasteiger partial charge on any atom is -0.383 e. The summed E-state index contributed by atoms with van der Waals surface area (Å²) in [7, 11) is 3.61. The second-order valence-corrected chi connectivity index (χ2v) is 6.31. The van der Waals surface area contributed by atoms with Crippen molar-refractivity contribution in [3.05, 3.63) is 48.2 Å². The smallest absolute Gasteiger partial charge is 0.320 e. The monoisotopic (exact) mass is 368 g/mol. The summed E-state index contributed by atoms with van der Waals surface area (Å²) in [6.45, 7) is 3.26. The average Bonchev–Trinajstić information content (AvgIpc) is 3.10. The van der Waals surface area contributed by atoms with E-state index in [0.717, 1.165) is 28.8 Å². The number of benzene rings is 1. The Hall–Kier alpha value is -3.13. The minimum absolute atomic E-state index is 0.108. The van der Waals surface area contributed by atoms with Crippen molar-refractivity contribution in [1.82, 2.24) is 20.5 Å². The van der Waals surface area contributed by atoms with Crippen LogP contribution in [0.3, 0.4) is 0 Å². The zero-order chi connectivity index (χ0) is 19.2. The highest BCUT2D eigenvalue weighted by molar-refractivity contribution is 5.94. The number of rotatable bonds is 7. The molecule has 3 aromatic rings. The molecule has 0 saturated carbocycles. The number of carbonyl (C=O) groups excluding carboxylic acids is 1. The summed E-state index contributed by atoms with van der Waals surface area (Å²) in [6.07, 6.45) is 1.70. The van der Waals surface area contributed by atoms with Crippen LogP contribution in [-0.4, -0.2) is 48.5 Å². The summed E-state index contributed by atoms with van der Waals surface area (Å²) in [5.41, 5.74) is 1.84. The number of nitrogens with one attached hydrogen (secondary N) is 3. The van der Waals surface area contributed by atoms with Gasteiger partial charge in [-0.05, 0) is 12.5 Å². The van der Waals surface area contributed by atoms with Gasteiger partial charge in [0.05, 0.1) is 23.6 Å². The van der Waals surface area contributed by atoms with Crippen molar-refractivity contribution in [3.63, 3.8) is 0 Å². The topological polar surface area (TPSA) is 95.2 Å². The lowest BCUT2D eigenvalue weighted by Crippen LogP contribution is -2.31. The Balaban J connectivity index is 1.66. The highest BCUT2D eigenvalue weighted by Gasteiger charge is 2.13. The zero-order valence-corrected chi connectivity index (χ0v) is 15.7. The maximum atomic E-state index is 12.3. The molecule has 2 aromatic heterocycles. The molecule has 2 heterocycles. The summed E-state index contributed by atoms with van der Waals surface area (Å²) in [4.78, 5) is 18.6. The Bertz CT molecular complexity index is 896. The van der Waals surface area contributed by atoms with E-state index in [1.165, 1.54) is 0 Å². The number of amides is 2. The normalized spacial score (nSPS) is 12.0. The van der Waals surface area contributed by atoms with Gasteiger partial charge in [-0.1, -0.05) is 30.3 Å². The van der Waals surface area contributed by atoms with Gasteiger partial charge in [-0.15, -0.1) is 0 Å². The van der Waals surface area contributed by atoms with E-state index in [4.69, 9.17) is 4.74 Å². The Morgan fingerprint density at radius 3 is 2.85 bits per heavy atom. The first-order valence-corrected chi connectivity index (χ1v) is 8.75. The second-order valence-electron chi connectivity index (χ2n) is 6.31. The molecule has 1 atom stereocenters. The standard InChI is InChI=1S/C19H24N6O2/c1-13(14-7-5-4-6-8-14)21-19(26)22-17-11-16-15(12-20-17)18(24-23-16)25(2)9-10-27-3/h4-8,11-13H,9-10H2,1-3H3,(H,23,24)(H2,20,21,22,26). The number of carbonyl (C=O) groups is 1. The lowest BCUT2D eigenvalue weighted by atomic mass is 10.1. The molecule has 0 bridgehead atoms. The van der Waals surface area contributed by atoms with E-state index < -0.39 is 0 Å². The van der Waals surface area contributed by atoms with Crippen LogP contribution >= 0.6 is 0 Å². The van der Waals surface area contributed by atoms with Gasteiger partial charge in [0.2, 0.25) is 0 Å². The van der Waals surface area contributed by atoms with Crippen molar-refractivity contribution in [2.45, 2.75) is 13.0 Å². The maximum Gasteiger partial charge on any atom is 0.320 e. The first-order chi connectivity index (χ1) is 13.1. The number of ether oxygens (including phenoxy) is 1. The predicted molar refractivity (Wildman–Crippen MR) is 106 cm³/mol. The number of aromatic amines is 1. The molecule has 8 heteroatoms. The Morgan fingerprint density at radius 2 is 2.11 bits per heavy atom. The van der Waals surface area contributed by atoms with E-state index in [-0.39, 0.29) is 12.1 Å². The molecule has 0 aliphatic heterocycles. The van der Waals surface area contributed by atoms with E-state index in [9.17, 15) is 4.79 Å². The van der Waals surface area contributed by atoms with Crippen molar-refractivity contribution in [1.29, 1.82) is 0 Å². The molecule has 0 aliphatic carbocycles. The molecule has 2 amide bonds. The van der Waals surface area contributed by atoms with Crippen LogP contribution < -0.4 is 15.5 Å².